The molecule has 108 valence electrons. The van der Waals surface area contributed by atoms with Gasteiger partial charge >= 0.3 is 0 Å². The van der Waals surface area contributed by atoms with Crippen LogP contribution in [0.3, 0.4) is 0 Å². The Kier molecular flexibility index (Phi) is 6.67. The summed E-state index contributed by atoms with van der Waals surface area (Å²) in [6.45, 7) is 7.09. The molecule has 1 N–H and O–H groups in total. The van der Waals surface area contributed by atoms with E-state index in [1.54, 1.807) is 14.2 Å². The van der Waals surface area contributed by atoms with E-state index < -0.39 is 0 Å². The van der Waals surface area contributed by atoms with Gasteiger partial charge in [-0.05, 0) is 19.2 Å². The minimum atomic E-state index is 0.522. The van der Waals surface area contributed by atoms with Crippen molar-refractivity contribution in [1.82, 2.24) is 10.2 Å². The number of likely N-dealkylation sites (N-methyl/N-ethyl adjacent to an activating group) is 1. The smallest absolute Gasteiger partial charge is 0.127 e. The molecule has 0 aromatic heterocycles. The summed E-state index contributed by atoms with van der Waals surface area (Å²) in [5.41, 5.74) is 1.10. The van der Waals surface area contributed by atoms with Crippen molar-refractivity contribution in [2.24, 2.45) is 0 Å². The number of hydrogen-bond acceptors (Lipinski definition) is 4. The fraction of sp³-hybridized carbons (Fsp3) is 0.600. The van der Waals surface area contributed by atoms with Crippen molar-refractivity contribution in [2.45, 2.75) is 26.4 Å². The Bertz CT molecular complexity index is 358. The Morgan fingerprint density at radius 3 is 2.21 bits per heavy atom. The molecule has 4 nitrogen and oxygen atoms in total. The molecule has 0 aliphatic carbocycles. The molecular formula is C15H26N2O2. The van der Waals surface area contributed by atoms with Gasteiger partial charge in [0.2, 0.25) is 0 Å². The highest BCUT2D eigenvalue weighted by Gasteiger charge is 2.11. The second-order valence-electron chi connectivity index (χ2n) is 4.99. The third kappa shape index (κ3) is 5.09. The summed E-state index contributed by atoms with van der Waals surface area (Å²) in [5.74, 6) is 1.76. The molecule has 0 saturated carbocycles. The number of hydrogen-bond donors (Lipinski definition) is 1. The van der Waals surface area contributed by atoms with Gasteiger partial charge in [-0.1, -0.05) is 19.9 Å². The summed E-state index contributed by atoms with van der Waals surface area (Å²) >= 11 is 0. The summed E-state index contributed by atoms with van der Waals surface area (Å²) in [6.07, 6.45) is 0. The van der Waals surface area contributed by atoms with Gasteiger partial charge in [-0.2, -0.15) is 0 Å². The van der Waals surface area contributed by atoms with Crippen LogP contribution in [0, 0.1) is 0 Å². The maximum Gasteiger partial charge on any atom is 0.127 e. The Balaban J connectivity index is 2.64. The number of nitrogens with one attached hydrogen (secondary N) is 1. The number of nitrogens with zero attached hydrogens (tertiary/aromatic N) is 1. The highest BCUT2D eigenvalue weighted by Crippen LogP contribution is 2.29. The Morgan fingerprint density at radius 2 is 1.74 bits per heavy atom. The minimum absolute atomic E-state index is 0.522. The van der Waals surface area contributed by atoms with Gasteiger partial charge in [0.1, 0.15) is 11.5 Å². The van der Waals surface area contributed by atoms with Gasteiger partial charge in [-0.3, -0.25) is 0 Å². The minimum Gasteiger partial charge on any atom is -0.496 e. The Labute approximate surface area is 116 Å². The van der Waals surface area contributed by atoms with Gasteiger partial charge in [0, 0.05) is 25.7 Å². The zero-order valence-electron chi connectivity index (χ0n) is 12.7. The van der Waals surface area contributed by atoms with E-state index in [-0.39, 0.29) is 0 Å². The monoisotopic (exact) mass is 266 g/mol. The molecule has 0 amide bonds. The molecule has 0 bridgehead atoms. The first-order valence-electron chi connectivity index (χ1n) is 6.70. The molecule has 1 aromatic carbocycles. The summed E-state index contributed by atoms with van der Waals surface area (Å²) in [5, 5.41) is 3.42. The quantitative estimate of drug-likeness (QED) is 0.781. The van der Waals surface area contributed by atoms with Gasteiger partial charge in [0.15, 0.2) is 0 Å². The van der Waals surface area contributed by atoms with Crippen LogP contribution in [-0.4, -0.2) is 45.3 Å². The Morgan fingerprint density at radius 1 is 1.16 bits per heavy atom. The standard InChI is InChI=1S/C15H26N2O2/c1-12(2)16-9-10-17(3)11-13-14(18-4)7-6-8-15(13)19-5/h6-8,12,16H,9-11H2,1-5H3. The van der Waals surface area contributed by atoms with Crippen LogP contribution >= 0.6 is 0 Å². The van der Waals surface area contributed by atoms with Crippen LogP contribution in [0.25, 0.3) is 0 Å². The lowest BCUT2D eigenvalue weighted by Gasteiger charge is -2.21. The predicted molar refractivity (Wildman–Crippen MR) is 79.0 cm³/mol. The maximum absolute atomic E-state index is 5.41. The van der Waals surface area contributed by atoms with Gasteiger partial charge in [-0.15, -0.1) is 0 Å². The molecule has 0 radical (unpaired) electrons. The lowest BCUT2D eigenvalue weighted by atomic mass is 10.1. The van der Waals surface area contributed by atoms with Crippen LogP contribution in [0.4, 0.5) is 0 Å². The molecule has 0 heterocycles. The van der Waals surface area contributed by atoms with Crippen molar-refractivity contribution in [3.05, 3.63) is 23.8 Å². The second-order valence-corrected chi connectivity index (χ2v) is 4.99. The fourth-order valence-electron chi connectivity index (χ4n) is 1.98. The van der Waals surface area contributed by atoms with E-state index in [0.29, 0.717) is 6.04 Å². The first-order valence-corrected chi connectivity index (χ1v) is 6.70. The molecule has 0 aliphatic rings. The third-order valence-electron chi connectivity index (χ3n) is 3.00. The van der Waals surface area contributed by atoms with E-state index in [0.717, 1.165) is 36.7 Å². The highest BCUT2D eigenvalue weighted by molar-refractivity contribution is 5.44. The van der Waals surface area contributed by atoms with Crippen molar-refractivity contribution in [1.29, 1.82) is 0 Å². The number of rotatable bonds is 8. The van der Waals surface area contributed by atoms with Crippen molar-refractivity contribution in [2.75, 3.05) is 34.4 Å². The molecular weight excluding hydrogens is 240 g/mol. The Hall–Kier alpha value is -1.26. The SMILES string of the molecule is COc1cccc(OC)c1CN(C)CCNC(C)C. The predicted octanol–water partition coefficient (Wildman–Crippen LogP) is 2.13. The van der Waals surface area contributed by atoms with Crippen LogP contribution in [0.1, 0.15) is 19.4 Å². The van der Waals surface area contributed by atoms with Crippen LogP contribution in [0.5, 0.6) is 11.5 Å². The lowest BCUT2D eigenvalue weighted by Crippen LogP contribution is -2.32. The maximum atomic E-state index is 5.41. The molecule has 1 aromatic rings. The largest absolute Gasteiger partial charge is 0.496 e. The molecule has 0 atom stereocenters. The zero-order chi connectivity index (χ0) is 14.3. The van der Waals surface area contributed by atoms with Gasteiger partial charge in [0.25, 0.3) is 0 Å². The fourth-order valence-corrected chi connectivity index (χ4v) is 1.98. The highest BCUT2D eigenvalue weighted by atomic mass is 16.5. The number of benzene rings is 1. The molecule has 1 rings (SSSR count). The summed E-state index contributed by atoms with van der Waals surface area (Å²) < 4.78 is 10.8. The molecule has 0 fully saturated rings. The van der Waals surface area contributed by atoms with E-state index >= 15 is 0 Å². The van der Waals surface area contributed by atoms with E-state index in [1.807, 2.05) is 18.2 Å². The second kappa shape index (κ2) is 8.02. The average Bonchev–Trinajstić information content (AvgIpc) is 2.38. The normalized spacial score (nSPS) is 11.1. The number of ether oxygens (including phenoxy) is 2. The molecule has 19 heavy (non-hydrogen) atoms. The van der Waals surface area contributed by atoms with Gasteiger partial charge in [0.05, 0.1) is 19.8 Å². The summed E-state index contributed by atoms with van der Waals surface area (Å²) in [7, 11) is 5.49. The van der Waals surface area contributed by atoms with Gasteiger partial charge in [-0.25, -0.2) is 0 Å². The summed E-state index contributed by atoms with van der Waals surface area (Å²) in [6, 6.07) is 6.41. The molecule has 0 spiro atoms. The van der Waals surface area contributed by atoms with Crippen LogP contribution < -0.4 is 14.8 Å². The first-order chi connectivity index (χ1) is 9.08. The van der Waals surface area contributed by atoms with Crippen LogP contribution in [-0.2, 0) is 6.54 Å². The van der Waals surface area contributed by atoms with Crippen molar-refractivity contribution < 1.29 is 9.47 Å². The molecule has 0 saturated heterocycles. The summed E-state index contributed by atoms with van der Waals surface area (Å²) in [4.78, 5) is 2.26. The van der Waals surface area contributed by atoms with Crippen molar-refractivity contribution in [3.63, 3.8) is 0 Å². The topological polar surface area (TPSA) is 33.7 Å². The van der Waals surface area contributed by atoms with Crippen LogP contribution in [0.15, 0.2) is 18.2 Å². The molecule has 0 aliphatic heterocycles. The average molecular weight is 266 g/mol. The van der Waals surface area contributed by atoms with E-state index in [2.05, 4.69) is 31.1 Å². The van der Waals surface area contributed by atoms with E-state index in [1.165, 1.54) is 0 Å². The van der Waals surface area contributed by atoms with E-state index in [9.17, 15) is 0 Å². The third-order valence-corrected chi connectivity index (χ3v) is 3.00. The van der Waals surface area contributed by atoms with Crippen molar-refractivity contribution >= 4 is 0 Å². The van der Waals surface area contributed by atoms with Crippen LogP contribution in [0.2, 0.25) is 0 Å². The zero-order valence-corrected chi connectivity index (χ0v) is 12.7. The van der Waals surface area contributed by atoms with E-state index in [4.69, 9.17) is 9.47 Å². The first kappa shape index (κ1) is 15.8. The number of methoxy groups -OCH3 is 2. The van der Waals surface area contributed by atoms with Crippen molar-refractivity contribution in [3.8, 4) is 11.5 Å². The lowest BCUT2D eigenvalue weighted by molar-refractivity contribution is 0.302. The molecule has 0 unspecified atom stereocenters. The molecule has 4 heteroatoms. The van der Waals surface area contributed by atoms with Gasteiger partial charge < -0.3 is 19.7 Å².